The number of aromatic nitrogens is 1. The molecule has 1 heterocycles. The monoisotopic (exact) mass is 355 g/mol. The second-order valence-electron chi connectivity index (χ2n) is 6.03. The summed E-state index contributed by atoms with van der Waals surface area (Å²) in [7, 11) is 0. The molecule has 1 aromatic rings. The molecule has 0 aliphatic heterocycles. The second-order valence-corrected chi connectivity index (χ2v) is 6.89. The Hall–Kier alpha value is -0.360. The number of rotatable bonds is 5. The zero-order chi connectivity index (χ0) is 14.7. The molecule has 1 amide bonds. The van der Waals surface area contributed by atoms with Crippen molar-refractivity contribution in [2.24, 2.45) is 5.73 Å². The van der Waals surface area contributed by atoms with Crippen LogP contribution in [0.15, 0.2) is 5.51 Å². The minimum Gasteiger partial charge on any atom is -0.349 e. The van der Waals surface area contributed by atoms with E-state index in [0.717, 1.165) is 18.5 Å². The number of hydrogen-bond donors (Lipinski definition) is 2. The predicted octanol–water partition coefficient (Wildman–Crippen LogP) is 3.53. The smallest absolute Gasteiger partial charge is 0.263 e. The molecule has 0 spiro atoms. The van der Waals surface area contributed by atoms with Crippen LogP contribution in [0.25, 0.3) is 0 Å². The molecule has 1 rings (SSSR count). The average Bonchev–Trinajstić information content (AvgIpc) is 2.84. The first-order chi connectivity index (χ1) is 8.73. The second kappa shape index (κ2) is 8.93. The molecule has 0 fully saturated rings. The van der Waals surface area contributed by atoms with Gasteiger partial charge in [0, 0.05) is 17.5 Å². The highest BCUT2D eigenvalue weighted by Crippen LogP contribution is 2.27. The Morgan fingerprint density at radius 1 is 1.29 bits per heavy atom. The quantitative estimate of drug-likeness (QED) is 0.848. The van der Waals surface area contributed by atoms with Gasteiger partial charge in [0.05, 0.1) is 11.2 Å². The lowest BCUT2D eigenvalue weighted by atomic mass is 9.91. The van der Waals surface area contributed by atoms with Gasteiger partial charge in [-0.3, -0.25) is 4.79 Å². The predicted molar refractivity (Wildman–Crippen MR) is 95.1 cm³/mol. The van der Waals surface area contributed by atoms with Gasteiger partial charge in [0.2, 0.25) is 0 Å². The van der Waals surface area contributed by atoms with Crippen molar-refractivity contribution >= 4 is 42.1 Å². The molecule has 3 N–H and O–H groups in total. The van der Waals surface area contributed by atoms with Crippen LogP contribution in [-0.2, 0) is 5.41 Å². The molecule has 124 valence electrons. The lowest BCUT2D eigenvalue weighted by Crippen LogP contribution is -2.49. The Morgan fingerprint density at radius 3 is 2.24 bits per heavy atom. The number of nitrogens with two attached hydrogens (primary N) is 1. The molecule has 0 unspecified atom stereocenters. The molecule has 0 aliphatic rings. The molecule has 4 nitrogen and oxygen atoms in total. The fourth-order valence-corrected chi connectivity index (χ4v) is 2.69. The van der Waals surface area contributed by atoms with Crippen molar-refractivity contribution in [3.8, 4) is 0 Å². The number of thiazole rings is 1. The van der Waals surface area contributed by atoms with Gasteiger partial charge in [-0.05, 0) is 12.8 Å². The van der Waals surface area contributed by atoms with Crippen LogP contribution >= 0.6 is 36.2 Å². The van der Waals surface area contributed by atoms with Crippen LogP contribution in [0.3, 0.4) is 0 Å². The molecule has 1 aromatic heterocycles. The number of carbonyl (C=O) groups excluding carboxylic acids is 1. The first-order valence-corrected chi connectivity index (χ1v) is 7.62. The van der Waals surface area contributed by atoms with E-state index in [4.69, 9.17) is 5.73 Å². The molecular weight excluding hydrogens is 329 g/mol. The lowest BCUT2D eigenvalue weighted by molar-refractivity contribution is 0.0944. The molecule has 0 atom stereocenters. The van der Waals surface area contributed by atoms with Crippen molar-refractivity contribution in [1.82, 2.24) is 10.3 Å². The van der Waals surface area contributed by atoms with Crippen LogP contribution in [0.4, 0.5) is 0 Å². The number of nitrogens with zero attached hydrogens (tertiary/aromatic N) is 1. The largest absolute Gasteiger partial charge is 0.349 e. The van der Waals surface area contributed by atoms with E-state index in [-0.39, 0.29) is 41.7 Å². The lowest BCUT2D eigenvalue weighted by Gasteiger charge is -2.27. The van der Waals surface area contributed by atoms with Gasteiger partial charge in [-0.2, -0.15) is 0 Å². The average molecular weight is 356 g/mol. The Balaban J connectivity index is 0. The molecule has 21 heavy (non-hydrogen) atoms. The van der Waals surface area contributed by atoms with Crippen molar-refractivity contribution in [1.29, 1.82) is 0 Å². The first-order valence-electron chi connectivity index (χ1n) is 6.74. The van der Waals surface area contributed by atoms with E-state index in [9.17, 15) is 4.79 Å². The van der Waals surface area contributed by atoms with Gasteiger partial charge in [0.15, 0.2) is 0 Å². The normalized spacial score (nSPS) is 11.3. The number of amides is 1. The van der Waals surface area contributed by atoms with Gasteiger partial charge in [0.1, 0.15) is 4.88 Å². The van der Waals surface area contributed by atoms with E-state index < -0.39 is 0 Å². The molecule has 0 radical (unpaired) electrons. The Bertz CT molecular complexity index is 440. The summed E-state index contributed by atoms with van der Waals surface area (Å²) in [6.45, 7) is 10.8. The first kappa shape index (κ1) is 22.9. The van der Waals surface area contributed by atoms with Crippen molar-refractivity contribution in [2.75, 3.05) is 6.54 Å². The molecule has 0 saturated heterocycles. The Labute approximate surface area is 144 Å². The van der Waals surface area contributed by atoms with Crippen LogP contribution in [0.5, 0.6) is 0 Å². The fourth-order valence-electron chi connectivity index (χ4n) is 1.78. The molecule has 7 heteroatoms. The SMILES string of the molecule is CCC(N)(CC)CNC(=O)c1scnc1C(C)(C)C.Cl.Cl. The van der Waals surface area contributed by atoms with Gasteiger partial charge < -0.3 is 11.1 Å². The molecule has 0 saturated carbocycles. The Kier molecular flexibility index (Phi) is 9.75. The zero-order valence-electron chi connectivity index (χ0n) is 13.4. The summed E-state index contributed by atoms with van der Waals surface area (Å²) in [5.74, 6) is -0.0656. The summed E-state index contributed by atoms with van der Waals surface area (Å²) < 4.78 is 0. The number of halogens is 2. The summed E-state index contributed by atoms with van der Waals surface area (Å²) in [6, 6.07) is 0. The van der Waals surface area contributed by atoms with Crippen LogP contribution in [0.2, 0.25) is 0 Å². The van der Waals surface area contributed by atoms with E-state index in [0.29, 0.717) is 11.4 Å². The number of nitrogens with one attached hydrogen (secondary N) is 1. The van der Waals surface area contributed by atoms with Crippen LogP contribution in [0, 0.1) is 0 Å². The summed E-state index contributed by atoms with van der Waals surface area (Å²) in [4.78, 5) is 17.3. The van der Waals surface area contributed by atoms with Crippen molar-refractivity contribution in [3.05, 3.63) is 16.1 Å². The van der Waals surface area contributed by atoms with Crippen molar-refractivity contribution < 1.29 is 4.79 Å². The van der Waals surface area contributed by atoms with Crippen LogP contribution in [-0.4, -0.2) is 23.0 Å². The summed E-state index contributed by atoms with van der Waals surface area (Å²) in [6.07, 6.45) is 1.69. The molecule has 0 aliphatic carbocycles. The summed E-state index contributed by atoms with van der Waals surface area (Å²) in [5.41, 5.74) is 8.33. The minimum absolute atomic E-state index is 0. The molecule has 0 aromatic carbocycles. The Morgan fingerprint density at radius 2 is 1.81 bits per heavy atom. The molecular formula is C14H27Cl2N3OS. The third-order valence-electron chi connectivity index (χ3n) is 3.49. The highest BCUT2D eigenvalue weighted by Gasteiger charge is 2.26. The van der Waals surface area contributed by atoms with E-state index in [1.165, 1.54) is 11.3 Å². The number of hydrogen-bond acceptors (Lipinski definition) is 4. The van der Waals surface area contributed by atoms with Gasteiger partial charge in [0.25, 0.3) is 5.91 Å². The van der Waals surface area contributed by atoms with E-state index in [1.807, 2.05) is 13.8 Å². The maximum Gasteiger partial charge on any atom is 0.263 e. The molecule has 0 bridgehead atoms. The van der Waals surface area contributed by atoms with E-state index in [2.05, 4.69) is 31.1 Å². The van der Waals surface area contributed by atoms with Gasteiger partial charge in [-0.25, -0.2) is 4.98 Å². The highest BCUT2D eigenvalue weighted by atomic mass is 35.5. The van der Waals surface area contributed by atoms with Gasteiger partial charge >= 0.3 is 0 Å². The van der Waals surface area contributed by atoms with Gasteiger partial charge in [-0.15, -0.1) is 36.2 Å². The van der Waals surface area contributed by atoms with Crippen molar-refractivity contribution in [2.45, 2.75) is 58.4 Å². The minimum atomic E-state index is -0.317. The summed E-state index contributed by atoms with van der Waals surface area (Å²) >= 11 is 1.39. The third-order valence-corrected chi connectivity index (χ3v) is 4.32. The van der Waals surface area contributed by atoms with E-state index >= 15 is 0 Å². The maximum atomic E-state index is 12.3. The maximum absolute atomic E-state index is 12.3. The summed E-state index contributed by atoms with van der Waals surface area (Å²) in [5, 5.41) is 2.95. The highest BCUT2D eigenvalue weighted by molar-refractivity contribution is 7.11. The van der Waals surface area contributed by atoms with Gasteiger partial charge in [-0.1, -0.05) is 34.6 Å². The van der Waals surface area contributed by atoms with Crippen LogP contribution in [0.1, 0.15) is 62.8 Å². The van der Waals surface area contributed by atoms with Crippen molar-refractivity contribution in [3.63, 3.8) is 0 Å². The standard InChI is InChI=1S/C14H25N3OS.2ClH/c1-6-14(15,7-2)8-16-12(18)10-11(13(3,4)5)17-9-19-10;;/h9H,6-8,15H2,1-5H3,(H,16,18);2*1H. The topological polar surface area (TPSA) is 68.0 Å². The number of carbonyl (C=O) groups is 1. The fraction of sp³-hybridized carbons (Fsp3) is 0.714. The van der Waals surface area contributed by atoms with E-state index in [1.54, 1.807) is 5.51 Å². The third kappa shape index (κ3) is 6.10. The van der Waals surface area contributed by atoms with Crippen LogP contribution < -0.4 is 11.1 Å². The zero-order valence-corrected chi connectivity index (χ0v) is 15.8.